The van der Waals surface area contributed by atoms with Gasteiger partial charge in [0.1, 0.15) is 11.6 Å². The van der Waals surface area contributed by atoms with Gasteiger partial charge in [0.05, 0.1) is 19.1 Å². The summed E-state index contributed by atoms with van der Waals surface area (Å²) in [6.45, 7) is 0.825. The smallest absolute Gasteiger partial charge is 0.223 e. The Morgan fingerprint density at radius 1 is 1.30 bits per heavy atom. The molecule has 0 bridgehead atoms. The summed E-state index contributed by atoms with van der Waals surface area (Å²) in [5.41, 5.74) is 0. The van der Waals surface area contributed by atoms with Gasteiger partial charge in [-0.25, -0.2) is 4.39 Å². The van der Waals surface area contributed by atoms with E-state index in [0.717, 1.165) is 0 Å². The normalized spacial score (nSPS) is 12.2. The molecular weight excluding hydrogens is 315 g/mol. The summed E-state index contributed by atoms with van der Waals surface area (Å²) >= 11 is 1.68. The summed E-state index contributed by atoms with van der Waals surface area (Å²) in [7, 11) is 3.99. The molecule has 1 aromatic carbocycles. The first-order valence-electron chi connectivity index (χ1n) is 7.41. The highest BCUT2D eigenvalue weighted by Crippen LogP contribution is 2.22. The van der Waals surface area contributed by atoms with E-state index < -0.39 is 0 Å². The molecule has 4 nitrogen and oxygen atoms in total. The van der Waals surface area contributed by atoms with Crippen molar-refractivity contribution in [2.75, 3.05) is 27.2 Å². The number of likely N-dealkylation sites (N-methyl/N-ethyl adjacent to an activating group) is 1. The quantitative estimate of drug-likeness (QED) is 0.805. The van der Waals surface area contributed by atoms with Crippen LogP contribution in [0.4, 0.5) is 4.39 Å². The van der Waals surface area contributed by atoms with Crippen LogP contribution in [0, 0.1) is 5.82 Å². The van der Waals surface area contributed by atoms with Crippen LogP contribution in [0.15, 0.2) is 41.8 Å². The Morgan fingerprint density at radius 2 is 2.04 bits per heavy atom. The van der Waals surface area contributed by atoms with Gasteiger partial charge in [0.25, 0.3) is 0 Å². The third kappa shape index (κ3) is 5.65. The van der Waals surface area contributed by atoms with Crippen LogP contribution in [-0.2, 0) is 4.79 Å². The molecule has 2 aromatic rings. The average molecular weight is 336 g/mol. The van der Waals surface area contributed by atoms with Gasteiger partial charge in [0, 0.05) is 11.4 Å². The molecule has 6 heteroatoms. The number of benzene rings is 1. The Morgan fingerprint density at radius 3 is 2.65 bits per heavy atom. The fourth-order valence-corrected chi connectivity index (χ4v) is 3.03. The minimum absolute atomic E-state index is 0.0597. The summed E-state index contributed by atoms with van der Waals surface area (Å²) in [5, 5.41) is 4.97. The van der Waals surface area contributed by atoms with Crippen LogP contribution in [0.25, 0.3) is 0 Å². The molecule has 0 spiro atoms. The number of rotatable bonds is 8. The van der Waals surface area contributed by atoms with E-state index in [0.29, 0.717) is 12.3 Å². The molecule has 1 N–H and O–H groups in total. The number of amides is 1. The number of thiophene rings is 1. The molecule has 1 unspecified atom stereocenters. The van der Waals surface area contributed by atoms with Crippen LogP contribution in [-0.4, -0.2) is 38.1 Å². The second-order valence-electron chi connectivity index (χ2n) is 5.35. The second kappa shape index (κ2) is 8.64. The molecule has 1 aromatic heterocycles. The molecule has 2 rings (SSSR count). The van der Waals surface area contributed by atoms with Crippen LogP contribution < -0.4 is 10.1 Å². The van der Waals surface area contributed by atoms with Gasteiger partial charge in [0.15, 0.2) is 0 Å². The van der Waals surface area contributed by atoms with Crippen molar-refractivity contribution in [2.24, 2.45) is 0 Å². The predicted octanol–water partition coefficient (Wildman–Crippen LogP) is 3.08. The molecule has 124 valence electrons. The molecule has 0 saturated heterocycles. The van der Waals surface area contributed by atoms with Crippen molar-refractivity contribution in [3.8, 4) is 5.75 Å². The SMILES string of the molecule is CN(C)C(CNC(=O)CCOc1ccc(F)cc1)c1cccs1. The predicted molar refractivity (Wildman–Crippen MR) is 90.3 cm³/mol. The maximum Gasteiger partial charge on any atom is 0.223 e. The number of carbonyl (C=O) groups is 1. The Hall–Kier alpha value is -1.92. The van der Waals surface area contributed by atoms with Crippen molar-refractivity contribution < 1.29 is 13.9 Å². The van der Waals surface area contributed by atoms with E-state index in [2.05, 4.69) is 16.3 Å². The first-order valence-corrected chi connectivity index (χ1v) is 8.29. The molecule has 0 aliphatic rings. The summed E-state index contributed by atoms with van der Waals surface area (Å²) in [6, 6.07) is 10.00. The standard InChI is InChI=1S/C17H21FN2O2S/c1-20(2)15(16-4-3-11-23-16)12-19-17(21)9-10-22-14-7-5-13(18)6-8-14/h3-8,11,15H,9-10,12H2,1-2H3,(H,19,21). The number of hydrogen-bond donors (Lipinski definition) is 1. The average Bonchev–Trinajstić information content (AvgIpc) is 3.03. The molecule has 0 saturated carbocycles. The van der Waals surface area contributed by atoms with E-state index in [4.69, 9.17) is 4.74 Å². The summed E-state index contributed by atoms with van der Waals surface area (Å²) < 4.78 is 18.2. The number of nitrogens with one attached hydrogen (secondary N) is 1. The van der Waals surface area contributed by atoms with Crippen LogP contribution in [0.5, 0.6) is 5.75 Å². The van der Waals surface area contributed by atoms with Crippen molar-refractivity contribution in [3.63, 3.8) is 0 Å². The van der Waals surface area contributed by atoms with E-state index in [1.165, 1.54) is 17.0 Å². The van der Waals surface area contributed by atoms with Crippen molar-refractivity contribution >= 4 is 17.2 Å². The lowest BCUT2D eigenvalue weighted by molar-refractivity contribution is -0.121. The molecule has 0 radical (unpaired) electrons. The number of carbonyl (C=O) groups excluding carboxylic acids is 1. The highest BCUT2D eigenvalue weighted by molar-refractivity contribution is 7.10. The fourth-order valence-electron chi connectivity index (χ4n) is 2.11. The van der Waals surface area contributed by atoms with Crippen LogP contribution >= 0.6 is 11.3 Å². The van der Waals surface area contributed by atoms with Crippen molar-refractivity contribution in [3.05, 3.63) is 52.5 Å². The highest BCUT2D eigenvalue weighted by atomic mass is 32.1. The van der Waals surface area contributed by atoms with E-state index >= 15 is 0 Å². The lowest BCUT2D eigenvalue weighted by Gasteiger charge is -2.23. The first kappa shape index (κ1) is 17.4. The summed E-state index contributed by atoms with van der Waals surface area (Å²) in [5.74, 6) is 0.192. The van der Waals surface area contributed by atoms with Crippen molar-refractivity contribution in [2.45, 2.75) is 12.5 Å². The monoisotopic (exact) mass is 336 g/mol. The molecule has 0 fully saturated rings. The first-order chi connectivity index (χ1) is 11.1. The zero-order valence-corrected chi connectivity index (χ0v) is 14.1. The number of ether oxygens (including phenoxy) is 1. The van der Waals surface area contributed by atoms with Crippen LogP contribution in [0.3, 0.4) is 0 Å². The van der Waals surface area contributed by atoms with E-state index in [9.17, 15) is 9.18 Å². The zero-order valence-electron chi connectivity index (χ0n) is 13.3. The zero-order chi connectivity index (χ0) is 16.7. The number of hydrogen-bond acceptors (Lipinski definition) is 4. The molecule has 1 amide bonds. The van der Waals surface area contributed by atoms with Gasteiger partial charge in [-0.2, -0.15) is 0 Å². The van der Waals surface area contributed by atoms with Gasteiger partial charge in [-0.3, -0.25) is 4.79 Å². The molecular formula is C17H21FN2O2S. The van der Waals surface area contributed by atoms with Crippen LogP contribution in [0.1, 0.15) is 17.3 Å². The summed E-state index contributed by atoms with van der Waals surface area (Å²) in [6.07, 6.45) is 0.266. The van der Waals surface area contributed by atoms with Crippen molar-refractivity contribution in [1.82, 2.24) is 10.2 Å². The Kier molecular flexibility index (Phi) is 6.55. The highest BCUT2D eigenvalue weighted by Gasteiger charge is 2.16. The second-order valence-corrected chi connectivity index (χ2v) is 6.33. The maximum absolute atomic E-state index is 12.8. The fraction of sp³-hybridized carbons (Fsp3) is 0.353. The third-order valence-electron chi connectivity index (χ3n) is 3.40. The van der Waals surface area contributed by atoms with Gasteiger partial charge < -0.3 is 15.0 Å². The molecule has 0 aliphatic carbocycles. The molecule has 0 aliphatic heterocycles. The third-order valence-corrected chi connectivity index (χ3v) is 4.37. The lowest BCUT2D eigenvalue weighted by Crippen LogP contribution is -2.34. The van der Waals surface area contributed by atoms with Crippen LogP contribution in [0.2, 0.25) is 0 Å². The van der Waals surface area contributed by atoms with Gasteiger partial charge >= 0.3 is 0 Å². The van der Waals surface area contributed by atoms with E-state index in [1.807, 2.05) is 25.5 Å². The molecule has 1 atom stereocenters. The summed E-state index contributed by atoms with van der Waals surface area (Å²) in [4.78, 5) is 15.2. The minimum Gasteiger partial charge on any atom is -0.493 e. The van der Waals surface area contributed by atoms with E-state index in [1.54, 1.807) is 23.5 Å². The number of halogens is 1. The Balaban J connectivity index is 1.73. The van der Waals surface area contributed by atoms with Gasteiger partial charge in [0.2, 0.25) is 5.91 Å². The van der Waals surface area contributed by atoms with Gasteiger partial charge in [-0.1, -0.05) is 6.07 Å². The Labute approximate surface area is 139 Å². The minimum atomic E-state index is -0.307. The lowest BCUT2D eigenvalue weighted by atomic mass is 10.2. The molecule has 1 heterocycles. The van der Waals surface area contributed by atoms with E-state index in [-0.39, 0.29) is 30.8 Å². The number of nitrogens with zero attached hydrogens (tertiary/aromatic N) is 1. The Bertz CT molecular complexity index is 600. The maximum atomic E-state index is 12.8. The van der Waals surface area contributed by atoms with Gasteiger partial charge in [-0.05, 0) is 49.8 Å². The molecule has 23 heavy (non-hydrogen) atoms. The van der Waals surface area contributed by atoms with Crippen molar-refractivity contribution in [1.29, 1.82) is 0 Å². The topological polar surface area (TPSA) is 41.6 Å². The van der Waals surface area contributed by atoms with Gasteiger partial charge in [-0.15, -0.1) is 11.3 Å². The largest absolute Gasteiger partial charge is 0.493 e.